The first kappa shape index (κ1) is 18.6. The van der Waals surface area contributed by atoms with E-state index in [-0.39, 0.29) is 29.7 Å². The third-order valence-corrected chi connectivity index (χ3v) is 4.07. The van der Waals surface area contributed by atoms with Crippen LogP contribution in [0.25, 0.3) is 12.2 Å². The number of morpholine rings is 1. The molecule has 1 aliphatic heterocycles. The molecule has 1 aromatic carbocycles. The minimum absolute atomic E-state index is 0.0290. The molecule has 1 aromatic heterocycles. The second kappa shape index (κ2) is 8.45. The van der Waals surface area contributed by atoms with E-state index >= 15 is 0 Å². The smallest absolute Gasteiger partial charge is 0.338 e. The van der Waals surface area contributed by atoms with E-state index in [1.807, 2.05) is 0 Å². The van der Waals surface area contributed by atoms with Crippen LogP contribution in [0.4, 0.5) is 5.69 Å². The van der Waals surface area contributed by atoms with Gasteiger partial charge in [-0.1, -0.05) is 23.4 Å². The normalized spacial score (nSPS) is 14.5. The number of nitro groups is 1. The van der Waals surface area contributed by atoms with Crippen molar-refractivity contribution in [3.05, 3.63) is 51.4 Å². The Morgan fingerprint density at radius 1 is 1.30 bits per heavy atom. The number of amides is 1. The maximum absolute atomic E-state index is 12.0. The lowest BCUT2D eigenvalue weighted by Gasteiger charge is -2.26. The lowest BCUT2D eigenvalue weighted by molar-refractivity contribution is -0.386. The van der Waals surface area contributed by atoms with E-state index in [0.717, 1.165) is 5.56 Å². The van der Waals surface area contributed by atoms with Gasteiger partial charge in [-0.05, 0) is 30.7 Å². The fourth-order valence-corrected chi connectivity index (χ4v) is 2.61. The van der Waals surface area contributed by atoms with Crippen molar-refractivity contribution in [3.8, 4) is 5.75 Å². The molecule has 9 heteroatoms. The molecular weight excluding hydrogens is 354 g/mol. The maximum Gasteiger partial charge on any atom is 0.338 e. The summed E-state index contributed by atoms with van der Waals surface area (Å²) < 4.78 is 15.7. The number of hydrogen-bond acceptors (Lipinski definition) is 7. The molecule has 0 atom stereocenters. The van der Waals surface area contributed by atoms with Crippen LogP contribution in [0.15, 0.2) is 28.8 Å². The van der Waals surface area contributed by atoms with Crippen molar-refractivity contribution in [3.63, 3.8) is 0 Å². The van der Waals surface area contributed by atoms with Gasteiger partial charge in [-0.2, -0.15) is 0 Å². The summed E-state index contributed by atoms with van der Waals surface area (Å²) in [5, 5.41) is 14.6. The molecule has 3 rings (SSSR count). The van der Waals surface area contributed by atoms with Gasteiger partial charge in [0.2, 0.25) is 5.76 Å². The van der Waals surface area contributed by atoms with Gasteiger partial charge < -0.3 is 18.9 Å². The summed E-state index contributed by atoms with van der Waals surface area (Å²) in [4.78, 5) is 24.3. The summed E-state index contributed by atoms with van der Waals surface area (Å²) in [5.41, 5.74) is 0.881. The minimum Gasteiger partial charge on any atom is -0.484 e. The van der Waals surface area contributed by atoms with Crippen molar-refractivity contribution in [2.45, 2.75) is 6.92 Å². The van der Waals surface area contributed by atoms with Crippen LogP contribution in [0, 0.1) is 17.0 Å². The highest BCUT2D eigenvalue weighted by atomic mass is 16.6. The van der Waals surface area contributed by atoms with Crippen LogP contribution in [-0.4, -0.2) is 53.8 Å². The van der Waals surface area contributed by atoms with E-state index in [4.69, 9.17) is 14.0 Å². The molecule has 2 heterocycles. The number of aromatic nitrogens is 1. The summed E-state index contributed by atoms with van der Waals surface area (Å²) in [5.74, 6) is 0.583. The molecular formula is C18H19N3O6. The first-order chi connectivity index (χ1) is 13.0. The second-order valence-electron chi connectivity index (χ2n) is 5.92. The van der Waals surface area contributed by atoms with Gasteiger partial charge in [0.25, 0.3) is 5.91 Å². The molecule has 0 bridgehead atoms. The van der Waals surface area contributed by atoms with E-state index in [2.05, 4.69) is 5.16 Å². The number of nitrogens with zero attached hydrogens (tertiary/aromatic N) is 3. The minimum atomic E-state index is -0.520. The molecule has 142 valence electrons. The molecule has 0 radical (unpaired) electrons. The Balaban J connectivity index is 1.57. The molecule has 1 fully saturated rings. The Bertz CT molecular complexity index is 837. The third kappa shape index (κ3) is 4.70. The monoisotopic (exact) mass is 373 g/mol. The SMILES string of the molecule is Cc1noc(C=Cc2ccc(OCC(=O)N3CCOCC3)cc2)c1[N+](=O)[O-]. The Morgan fingerprint density at radius 3 is 2.67 bits per heavy atom. The van der Waals surface area contributed by atoms with Crippen molar-refractivity contribution in [1.82, 2.24) is 10.1 Å². The van der Waals surface area contributed by atoms with E-state index in [9.17, 15) is 14.9 Å². The zero-order valence-electron chi connectivity index (χ0n) is 14.8. The molecule has 9 nitrogen and oxygen atoms in total. The van der Waals surface area contributed by atoms with Gasteiger partial charge in [0.05, 0.1) is 18.1 Å². The molecule has 1 saturated heterocycles. The number of rotatable bonds is 6. The highest BCUT2D eigenvalue weighted by molar-refractivity contribution is 5.78. The standard InChI is InChI=1S/C18H19N3O6/c1-13-18(21(23)24)16(27-19-13)7-4-14-2-5-15(6-3-14)26-12-17(22)20-8-10-25-11-9-20/h2-7H,8-12H2,1H3. The Labute approximate surface area is 155 Å². The summed E-state index contributed by atoms with van der Waals surface area (Å²) in [6, 6.07) is 7.01. The highest BCUT2D eigenvalue weighted by Gasteiger charge is 2.22. The summed E-state index contributed by atoms with van der Waals surface area (Å²) >= 11 is 0. The van der Waals surface area contributed by atoms with Crippen LogP contribution in [0.3, 0.4) is 0 Å². The van der Waals surface area contributed by atoms with Gasteiger partial charge in [0.1, 0.15) is 5.75 Å². The molecule has 0 saturated carbocycles. The van der Waals surface area contributed by atoms with Crippen molar-refractivity contribution >= 4 is 23.7 Å². The Hall–Kier alpha value is -3.20. The molecule has 1 aliphatic rings. The van der Waals surface area contributed by atoms with Crippen LogP contribution >= 0.6 is 0 Å². The lowest BCUT2D eigenvalue weighted by Crippen LogP contribution is -2.42. The predicted molar refractivity (Wildman–Crippen MR) is 96.2 cm³/mol. The van der Waals surface area contributed by atoms with Crippen LogP contribution in [-0.2, 0) is 9.53 Å². The average Bonchev–Trinajstić information content (AvgIpc) is 3.06. The molecule has 1 amide bonds. The second-order valence-corrected chi connectivity index (χ2v) is 5.92. The molecule has 0 unspecified atom stereocenters. The van der Waals surface area contributed by atoms with Crippen molar-refractivity contribution in [2.24, 2.45) is 0 Å². The maximum atomic E-state index is 12.0. The van der Waals surface area contributed by atoms with Crippen LogP contribution in [0.1, 0.15) is 17.0 Å². The van der Waals surface area contributed by atoms with Crippen LogP contribution in [0.5, 0.6) is 5.75 Å². The zero-order chi connectivity index (χ0) is 19.2. The van der Waals surface area contributed by atoms with Crippen molar-refractivity contribution in [1.29, 1.82) is 0 Å². The summed E-state index contributed by atoms with van der Waals surface area (Å²) in [6.07, 6.45) is 3.17. The predicted octanol–water partition coefficient (Wildman–Crippen LogP) is 2.30. The van der Waals surface area contributed by atoms with Crippen molar-refractivity contribution < 1.29 is 23.7 Å². The van der Waals surface area contributed by atoms with Gasteiger partial charge in [0.15, 0.2) is 12.3 Å². The molecule has 0 spiro atoms. The summed E-state index contributed by atoms with van der Waals surface area (Å²) in [7, 11) is 0. The topological polar surface area (TPSA) is 108 Å². The number of aryl methyl sites for hydroxylation is 1. The van der Waals surface area contributed by atoms with E-state index in [0.29, 0.717) is 32.1 Å². The quantitative estimate of drug-likeness (QED) is 0.565. The van der Waals surface area contributed by atoms with Gasteiger partial charge in [0, 0.05) is 13.1 Å². The molecule has 0 N–H and O–H groups in total. The summed E-state index contributed by atoms with van der Waals surface area (Å²) in [6.45, 7) is 3.76. The van der Waals surface area contributed by atoms with Gasteiger partial charge in [-0.3, -0.25) is 14.9 Å². The number of benzene rings is 1. The lowest BCUT2D eigenvalue weighted by atomic mass is 10.2. The van der Waals surface area contributed by atoms with E-state index in [1.54, 1.807) is 35.2 Å². The van der Waals surface area contributed by atoms with Crippen LogP contribution < -0.4 is 4.74 Å². The first-order valence-electron chi connectivity index (χ1n) is 8.42. The van der Waals surface area contributed by atoms with E-state index in [1.165, 1.54) is 13.0 Å². The molecule has 2 aromatic rings. The van der Waals surface area contributed by atoms with Gasteiger partial charge in [-0.15, -0.1) is 0 Å². The zero-order valence-corrected chi connectivity index (χ0v) is 14.8. The average molecular weight is 373 g/mol. The highest BCUT2D eigenvalue weighted by Crippen LogP contribution is 2.24. The first-order valence-corrected chi connectivity index (χ1v) is 8.42. The number of ether oxygens (including phenoxy) is 2. The fraction of sp³-hybridized carbons (Fsp3) is 0.333. The Kier molecular flexibility index (Phi) is 5.82. The van der Waals surface area contributed by atoms with Crippen LogP contribution in [0.2, 0.25) is 0 Å². The number of hydrogen-bond donors (Lipinski definition) is 0. The van der Waals surface area contributed by atoms with Crippen molar-refractivity contribution in [2.75, 3.05) is 32.9 Å². The fourth-order valence-electron chi connectivity index (χ4n) is 2.61. The Morgan fingerprint density at radius 2 is 2.00 bits per heavy atom. The third-order valence-electron chi connectivity index (χ3n) is 4.07. The van der Waals surface area contributed by atoms with Gasteiger partial charge >= 0.3 is 5.69 Å². The number of carbonyl (C=O) groups is 1. The molecule has 27 heavy (non-hydrogen) atoms. The number of carbonyl (C=O) groups excluding carboxylic acids is 1. The largest absolute Gasteiger partial charge is 0.484 e. The van der Waals surface area contributed by atoms with Gasteiger partial charge in [-0.25, -0.2) is 0 Å². The van der Waals surface area contributed by atoms with E-state index < -0.39 is 4.92 Å². The molecule has 0 aliphatic carbocycles.